The minimum Gasteiger partial charge on any atom is -0.393 e. The Hall–Kier alpha value is -1.64. The minimum atomic E-state index is 0.617. The zero-order valence-corrected chi connectivity index (χ0v) is 12.8. The van der Waals surface area contributed by atoms with Gasteiger partial charge in [-0.2, -0.15) is 0 Å². The maximum Gasteiger partial charge on any atom is 0.157 e. The van der Waals surface area contributed by atoms with E-state index in [0.717, 1.165) is 58.3 Å². The summed E-state index contributed by atoms with van der Waals surface area (Å²) in [6.45, 7) is 8.42. The summed E-state index contributed by atoms with van der Waals surface area (Å²) in [7, 11) is 0. The highest BCUT2D eigenvalue weighted by molar-refractivity contribution is 5.74. The standard InChI is InChI=1S/C14H24N6O2/c15-12-13(16-1-2-19-3-7-21-8-4-19)17-11-18-14(12)20-5-9-22-10-6-20/h11H,1-10,15H2,(H,16,17,18). The quantitative estimate of drug-likeness (QED) is 0.762. The van der Waals surface area contributed by atoms with E-state index in [1.54, 1.807) is 6.33 Å². The van der Waals surface area contributed by atoms with Crippen LogP contribution in [0.3, 0.4) is 0 Å². The molecule has 3 heterocycles. The number of aromatic nitrogens is 2. The molecule has 0 aliphatic carbocycles. The number of hydrogen-bond acceptors (Lipinski definition) is 8. The van der Waals surface area contributed by atoms with E-state index < -0.39 is 0 Å². The van der Waals surface area contributed by atoms with Crippen LogP contribution in [0.1, 0.15) is 0 Å². The summed E-state index contributed by atoms with van der Waals surface area (Å²) in [5.41, 5.74) is 6.85. The summed E-state index contributed by atoms with van der Waals surface area (Å²) in [6, 6.07) is 0. The molecule has 3 N–H and O–H groups in total. The highest BCUT2D eigenvalue weighted by atomic mass is 16.5. The molecule has 8 heteroatoms. The number of nitrogens with one attached hydrogen (secondary N) is 1. The first-order valence-electron chi connectivity index (χ1n) is 7.82. The van der Waals surface area contributed by atoms with Gasteiger partial charge in [-0.15, -0.1) is 0 Å². The van der Waals surface area contributed by atoms with Crippen LogP contribution in [0.2, 0.25) is 0 Å². The van der Waals surface area contributed by atoms with Gasteiger partial charge in [0.15, 0.2) is 11.6 Å². The van der Waals surface area contributed by atoms with Crippen molar-refractivity contribution in [1.29, 1.82) is 0 Å². The van der Waals surface area contributed by atoms with Crippen molar-refractivity contribution in [3.05, 3.63) is 6.33 Å². The lowest BCUT2D eigenvalue weighted by atomic mass is 10.3. The summed E-state index contributed by atoms with van der Waals surface area (Å²) in [6.07, 6.45) is 1.57. The summed E-state index contributed by atoms with van der Waals surface area (Å²) in [5, 5.41) is 3.32. The first kappa shape index (κ1) is 15.3. The van der Waals surface area contributed by atoms with Crippen molar-refractivity contribution in [2.75, 3.05) is 81.6 Å². The third-order valence-electron chi connectivity index (χ3n) is 4.00. The fourth-order valence-electron chi connectivity index (χ4n) is 2.71. The number of nitrogens with zero attached hydrogens (tertiary/aromatic N) is 4. The Morgan fingerprint density at radius 1 is 1.05 bits per heavy atom. The molecule has 0 unspecified atom stereocenters. The van der Waals surface area contributed by atoms with E-state index in [4.69, 9.17) is 15.2 Å². The SMILES string of the molecule is Nc1c(NCCN2CCOCC2)ncnc1N1CCOCC1. The zero-order valence-electron chi connectivity index (χ0n) is 12.8. The fraction of sp³-hybridized carbons (Fsp3) is 0.714. The van der Waals surface area contributed by atoms with E-state index in [9.17, 15) is 0 Å². The molecule has 0 saturated carbocycles. The molecular formula is C14H24N6O2. The largest absolute Gasteiger partial charge is 0.393 e. The van der Waals surface area contributed by atoms with Crippen molar-refractivity contribution < 1.29 is 9.47 Å². The van der Waals surface area contributed by atoms with Crippen LogP contribution in [0.4, 0.5) is 17.3 Å². The van der Waals surface area contributed by atoms with Gasteiger partial charge in [0.2, 0.25) is 0 Å². The van der Waals surface area contributed by atoms with E-state index in [1.807, 2.05) is 0 Å². The van der Waals surface area contributed by atoms with Crippen molar-refractivity contribution >= 4 is 17.3 Å². The molecule has 3 rings (SSSR count). The van der Waals surface area contributed by atoms with Crippen LogP contribution < -0.4 is 16.0 Å². The Balaban J connectivity index is 1.56. The van der Waals surface area contributed by atoms with E-state index >= 15 is 0 Å². The third-order valence-corrected chi connectivity index (χ3v) is 4.00. The van der Waals surface area contributed by atoms with Crippen LogP contribution in [-0.2, 0) is 9.47 Å². The second-order valence-electron chi connectivity index (χ2n) is 5.44. The van der Waals surface area contributed by atoms with Crippen molar-refractivity contribution in [3.63, 3.8) is 0 Å². The third kappa shape index (κ3) is 3.76. The number of nitrogen functional groups attached to an aromatic ring is 1. The predicted molar refractivity (Wildman–Crippen MR) is 85.2 cm³/mol. The molecule has 0 radical (unpaired) electrons. The van der Waals surface area contributed by atoms with Crippen LogP contribution in [-0.4, -0.2) is 80.6 Å². The van der Waals surface area contributed by atoms with Gasteiger partial charge in [-0.1, -0.05) is 0 Å². The highest BCUT2D eigenvalue weighted by Crippen LogP contribution is 2.26. The summed E-state index contributed by atoms with van der Waals surface area (Å²) >= 11 is 0. The lowest BCUT2D eigenvalue weighted by molar-refractivity contribution is 0.0398. The average molecular weight is 308 g/mol. The van der Waals surface area contributed by atoms with Gasteiger partial charge < -0.3 is 25.4 Å². The zero-order chi connectivity index (χ0) is 15.2. The maximum absolute atomic E-state index is 6.23. The van der Waals surface area contributed by atoms with Crippen LogP contribution in [0.15, 0.2) is 6.33 Å². The van der Waals surface area contributed by atoms with Gasteiger partial charge in [0.05, 0.1) is 26.4 Å². The normalized spacial score (nSPS) is 20.1. The van der Waals surface area contributed by atoms with Gasteiger partial charge in [0.1, 0.15) is 12.0 Å². The van der Waals surface area contributed by atoms with Gasteiger partial charge in [0, 0.05) is 39.3 Å². The number of nitrogens with two attached hydrogens (primary N) is 1. The van der Waals surface area contributed by atoms with Crippen molar-refractivity contribution in [2.24, 2.45) is 0 Å². The molecule has 22 heavy (non-hydrogen) atoms. The molecule has 0 spiro atoms. The monoisotopic (exact) mass is 308 g/mol. The van der Waals surface area contributed by atoms with Crippen molar-refractivity contribution in [1.82, 2.24) is 14.9 Å². The maximum atomic E-state index is 6.23. The van der Waals surface area contributed by atoms with Gasteiger partial charge in [0.25, 0.3) is 0 Å². The van der Waals surface area contributed by atoms with Crippen LogP contribution in [0.25, 0.3) is 0 Å². The fourth-order valence-corrected chi connectivity index (χ4v) is 2.71. The summed E-state index contributed by atoms with van der Waals surface area (Å²) in [4.78, 5) is 13.1. The van der Waals surface area contributed by atoms with Gasteiger partial charge in [-0.05, 0) is 0 Å². The van der Waals surface area contributed by atoms with Crippen LogP contribution in [0, 0.1) is 0 Å². The number of morpholine rings is 2. The molecular weight excluding hydrogens is 284 g/mol. The number of hydrogen-bond donors (Lipinski definition) is 2. The molecule has 0 bridgehead atoms. The molecule has 2 fully saturated rings. The Kier molecular flexibility index (Phi) is 5.25. The van der Waals surface area contributed by atoms with Crippen molar-refractivity contribution in [2.45, 2.75) is 0 Å². The topological polar surface area (TPSA) is 88.8 Å². The van der Waals surface area contributed by atoms with Gasteiger partial charge in [-0.25, -0.2) is 9.97 Å². The van der Waals surface area contributed by atoms with Gasteiger partial charge in [-0.3, -0.25) is 4.90 Å². The first-order valence-corrected chi connectivity index (χ1v) is 7.82. The molecule has 0 amide bonds. The van der Waals surface area contributed by atoms with Crippen LogP contribution in [0.5, 0.6) is 0 Å². The molecule has 1 aromatic rings. The minimum absolute atomic E-state index is 0.617. The molecule has 0 atom stereocenters. The predicted octanol–water partition coefficient (Wildman–Crippen LogP) is -0.360. The lowest BCUT2D eigenvalue weighted by Crippen LogP contribution is -2.39. The van der Waals surface area contributed by atoms with E-state index in [0.29, 0.717) is 24.7 Å². The highest BCUT2D eigenvalue weighted by Gasteiger charge is 2.17. The second-order valence-corrected chi connectivity index (χ2v) is 5.44. The molecule has 2 aliphatic rings. The number of rotatable bonds is 5. The van der Waals surface area contributed by atoms with Gasteiger partial charge >= 0.3 is 0 Å². The smallest absolute Gasteiger partial charge is 0.157 e. The molecule has 2 saturated heterocycles. The lowest BCUT2D eigenvalue weighted by Gasteiger charge is -2.29. The molecule has 8 nitrogen and oxygen atoms in total. The summed E-state index contributed by atoms with van der Waals surface area (Å²) in [5.74, 6) is 1.51. The first-order chi connectivity index (χ1) is 10.8. The Morgan fingerprint density at radius 2 is 1.73 bits per heavy atom. The Bertz CT molecular complexity index is 474. The van der Waals surface area contributed by atoms with Crippen LogP contribution >= 0.6 is 0 Å². The Morgan fingerprint density at radius 3 is 2.45 bits per heavy atom. The van der Waals surface area contributed by atoms with Crippen molar-refractivity contribution in [3.8, 4) is 0 Å². The summed E-state index contributed by atoms with van der Waals surface area (Å²) < 4.78 is 10.7. The van der Waals surface area contributed by atoms with E-state index in [-0.39, 0.29) is 0 Å². The molecule has 122 valence electrons. The average Bonchev–Trinajstić information content (AvgIpc) is 2.58. The molecule has 2 aliphatic heterocycles. The molecule has 1 aromatic heterocycles. The molecule has 0 aromatic carbocycles. The van der Waals surface area contributed by atoms with E-state index in [2.05, 4.69) is 25.1 Å². The second kappa shape index (κ2) is 7.57. The Labute approximate surface area is 130 Å². The van der Waals surface area contributed by atoms with E-state index in [1.165, 1.54) is 0 Å². The number of ether oxygens (including phenoxy) is 2. The number of anilines is 3.